The highest BCUT2D eigenvalue weighted by Crippen LogP contribution is 2.51. The van der Waals surface area contributed by atoms with Gasteiger partial charge in [0.25, 0.3) is 0 Å². The lowest BCUT2D eigenvalue weighted by Crippen LogP contribution is -2.28. The highest BCUT2D eigenvalue weighted by Gasteiger charge is 2.42. The Hall–Kier alpha value is -0.680. The summed E-state index contributed by atoms with van der Waals surface area (Å²) >= 11 is 6.98. The molecule has 0 heterocycles. The van der Waals surface area contributed by atoms with Gasteiger partial charge in [-0.1, -0.05) is 50.9 Å². The van der Waals surface area contributed by atoms with E-state index in [0.717, 1.165) is 31.2 Å². The van der Waals surface area contributed by atoms with Crippen LogP contribution in [0, 0.1) is 5.92 Å². The highest BCUT2D eigenvalue weighted by molar-refractivity contribution is 9.10. The van der Waals surface area contributed by atoms with Crippen molar-refractivity contribution < 1.29 is 10.2 Å². The molecule has 0 aromatic heterocycles. The van der Waals surface area contributed by atoms with Crippen LogP contribution in [-0.2, 0) is 5.60 Å². The van der Waals surface area contributed by atoms with E-state index in [9.17, 15) is 10.2 Å². The van der Waals surface area contributed by atoms with Crippen molar-refractivity contribution in [3.05, 3.63) is 56.5 Å². The standard InChI is InChI=1S/C17H16Br2O2/c1-10(9-20)8-17(21)15-6-11(18)2-4-13(15)14-5-3-12(19)7-16(14)17/h2-7,10,20-21H,8-9H2,1H3. The third-order valence-corrected chi connectivity index (χ3v) is 5.09. The molecule has 2 aromatic carbocycles. The van der Waals surface area contributed by atoms with Gasteiger partial charge in [0.05, 0.1) is 0 Å². The maximum Gasteiger partial charge on any atom is 0.116 e. The summed E-state index contributed by atoms with van der Waals surface area (Å²) in [7, 11) is 0. The number of rotatable bonds is 3. The van der Waals surface area contributed by atoms with E-state index in [0.29, 0.717) is 6.42 Å². The van der Waals surface area contributed by atoms with E-state index < -0.39 is 5.60 Å². The van der Waals surface area contributed by atoms with Crippen molar-refractivity contribution in [1.82, 2.24) is 0 Å². The summed E-state index contributed by atoms with van der Waals surface area (Å²) < 4.78 is 1.89. The lowest BCUT2D eigenvalue weighted by molar-refractivity contribution is 0.0474. The summed E-state index contributed by atoms with van der Waals surface area (Å²) in [5.74, 6) is 0.0202. The number of aliphatic hydroxyl groups is 2. The molecule has 2 N–H and O–H groups in total. The van der Waals surface area contributed by atoms with Gasteiger partial charge >= 0.3 is 0 Å². The Labute approximate surface area is 141 Å². The van der Waals surface area contributed by atoms with Gasteiger partial charge in [-0.2, -0.15) is 0 Å². The highest BCUT2D eigenvalue weighted by atomic mass is 79.9. The molecule has 2 nitrogen and oxygen atoms in total. The smallest absolute Gasteiger partial charge is 0.116 e. The van der Waals surface area contributed by atoms with E-state index in [1.54, 1.807) is 0 Å². The van der Waals surface area contributed by atoms with Gasteiger partial charge in [-0.05, 0) is 58.9 Å². The van der Waals surface area contributed by atoms with Gasteiger partial charge in [-0.25, -0.2) is 0 Å². The van der Waals surface area contributed by atoms with Gasteiger partial charge in [0.2, 0.25) is 0 Å². The van der Waals surface area contributed by atoms with Crippen molar-refractivity contribution in [2.45, 2.75) is 18.9 Å². The van der Waals surface area contributed by atoms with Crippen LogP contribution in [0.25, 0.3) is 11.1 Å². The molecule has 1 aliphatic carbocycles. The molecule has 110 valence electrons. The average Bonchev–Trinajstić information content (AvgIpc) is 2.68. The molecule has 4 heteroatoms. The SMILES string of the molecule is CC(CO)CC1(O)c2cc(Br)ccc2-c2ccc(Br)cc21. The van der Waals surface area contributed by atoms with E-state index in [4.69, 9.17) is 0 Å². The monoisotopic (exact) mass is 410 g/mol. The molecule has 0 bridgehead atoms. The third kappa shape index (κ3) is 2.48. The maximum atomic E-state index is 11.4. The van der Waals surface area contributed by atoms with Crippen LogP contribution >= 0.6 is 31.9 Å². The molecule has 0 saturated heterocycles. The predicted octanol–water partition coefficient (Wildman–Crippen LogP) is 4.45. The lowest BCUT2D eigenvalue weighted by Gasteiger charge is -2.28. The van der Waals surface area contributed by atoms with Crippen molar-refractivity contribution in [1.29, 1.82) is 0 Å². The summed E-state index contributed by atoms with van der Waals surface area (Å²) in [4.78, 5) is 0. The number of benzene rings is 2. The van der Waals surface area contributed by atoms with Crippen LogP contribution in [-0.4, -0.2) is 16.8 Å². The second kappa shape index (κ2) is 5.51. The van der Waals surface area contributed by atoms with Crippen molar-refractivity contribution in [2.75, 3.05) is 6.61 Å². The van der Waals surface area contributed by atoms with Gasteiger partial charge in [0.15, 0.2) is 0 Å². The zero-order chi connectivity index (χ0) is 15.2. The van der Waals surface area contributed by atoms with Crippen LogP contribution in [0.1, 0.15) is 24.5 Å². The number of fused-ring (bicyclic) bond motifs is 3. The minimum Gasteiger partial charge on any atom is -0.396 e. The van der Waals surface area contributed by atoms with E-state index >= 15 is 0 Å². The summed E-state index contributed by atoms with van der Waals surface area (Å²) in [5.41, 5.74) is 2.89. The van der Waals surface area contributed by atoms with Crippen LogP contribution in [0.5, 0.6) is 0 Å². The molecule has 0 aliphatic heterocycles. The molecule has 0 amide bonds. The zero-order valence-corrected chi connectivity index (χ0v) is 14.8. The summed E-state index contributed by atoms with van der Waals surface area (Å²) in [5, 5.41) is 20.8. The molecule has 0 spiro atoms. The number of hydrogen-bond acceptors (Lipinski definition) is 2. The maximum absolute atomic E-state index is 11.4. The van der Waals surface area contributed by atoms with Crippen molar-refractivity contribution in [3.63, 3.8) is 0 Å². The van der Waals surface area contributed by atoms with Gasteiger partial charge in [0.1, 0.15) is 5.60 Å². The fourth-order valence-corrected chi connectivity index (χ4v) is 3.84. The van der Waals surface area contributed by atoms with Gasteiger partial charge < -0.3 is 10.2 Å². The van der Waals surface area contributed by atoms with E-state index in [2.05, 4.69) is 31.9 Å². The normalized spacial score (nSPS) is 16.4. The minimum absolute atomic E-state index is 0.0202. The molecule has 1 aliphatic rings. The van der Waals surface area contributed by atoms with Gasteiger partial charge in [-0.3, -0.25) is 0 Å². The Morgan fingerprint density at radius 1 is 1.00 bits per heavy atom. The molecular weight excluding hydrogens is 396 g/mol. The Morgan fingerprint density at radius 2 is 1.48 bits per heavy atom. The van der Waals surface area contributed by atoms with Crippen LogP contribution in [0.4, 0.5) is 0 Å². The Balaban J connectivity index is 2.24. The first-order valence-electron chi connectivity index (χ1n) is 6.89. The Kier molecular flexibility index (Phi) is 3.99. The van der Waals surface area contributed by atoms with Gasteiger partial charge in [-0.15, -0.1) is 0 Å². The number of aliphatic hydroxyl groups excluding tert-OH is 1. The first kappa shape index (κ1) is 15.2. The van der Waals surface area contributed by atoms with Crippen LogP contribution in [0.2, 0.25) is 0 Å². The molecule has 1 unspecified atom stereocenters. The summed E-state index contributed by atoms with van der Waals surface area (Å²) in [6.07, 6.45) is 0.496. The topological polar surface area (TPSA) is 40.5 Å². The third-order valence-electron chi connectivity index (χ3n) is 4.10. The lowest BCUT2D eigenvalue weighted by atomic mass is 9.83. The van der Waals surface area contributed by atoms with E-state index in [-0.39, 0.29) is 12.5 Å². The predicted molar refractivity (Wildman–Crippen MR) is 91.1 cm³/mol. The molecule has 1 atom stereocenters. The Bertz CT molecular complexity index is 646. The second-order valence-electron chi connectivity index (χ2n) is 5.73. The molecule has 0 saturated carbocycles. The molecule has 0 fully saturated rings. The fraction of sp³-hybridized carbons (Fsp3) is 0.294. The quantitative estimate of drug-likeness (QED) is 0.783. The van der Waals surface area contributed by atoms with Crippen LogP contribution in [0.3, 0.4) is 0 Å². The fourth-order valence-electron chi connectivity index (χ4n) is 3.12. The summed E-state index contributed by atoms with van der Waals surface area (Å²) in [6, 6.07) is 12.0. The number of halogens is 2. The number of hydrogen-bond donors (Lipinski definition) is 2. The molecule has 21 heavy (non-hydrogen) atoms. The first-order chi connectivity index (χ1) is 9.95. The zero-order valence-electron chi connectivity index (χ0n) is 11.6. The summed E-state index contributed by atoms with van der Waals surface area (Å²) in [6.45, 7) is 2.01. The van der Waals surface area contributed by atoms with Crippen molar-refractivity contribution in [3.8, 4) is 11.1 Å². The van der Waals surface area contributed by atoms with Crippen molar-refractivity contribution >= 4 is 31.9 Å². The first-order valence-corrected chi connectivity index (χ1v) is 8.48. The van der Waals surface area contributed by atoms with Crippen molar-refractivity contribution in [2.24, 2.45) is 5.92 Å². The second-order valence-corrected chi connectivity index (χ2v) is 7.56. The Morgan fingerprint density at radius 3 is 1.90 bits per heavy atom. The molecule has 2 aromatic rings. The van der Waals surface area contributed by atoms with Crippen LogP contribution in [0.15, 0.2) is 45.3 Å². The van der Waals surface area contributed by atoms with Gasteiger partial charge in [0, 0.05) is 15.6 Å². The van der Waals surface area contributed by atoms with E-state index in [1.165, 1.54) is 0 Å². The molecule has 0 radical (unpaired) electrons. The van der Waals surface area contributed by atoms with E-state index in [1.807, 2.05) is 43.3 Å². The molecular formula is C17H16Br2O2. The minimum atomic E-state index is -1.06. The molecule has 3 rings (SSSR count). The largest absolute Gasteiger partial charge is 0.396 e. The average molecular weight is 412 g/mol. The van der Waals surface area contributed by atoms with Crippen LogP contribution < -0.4 is 0 Å².